The van der Waals surface area contributed by atoms with Gasteiger partial charge in [0.2, 0.25) is 0 Å². The molecule has 2 aromatic rings. The Balaban J connectivity index is 2.29. The van der Waals surface area contributed by atoms with Gasteiger partial charge < -0.3 is 4.57 Å². The molecule has 0 aliphatic carbocycles. The molecule has 0 N–H and O–H groups in total. The normalized spacial score (nSPS) is 12.7. The van der Waals surface area contributed by atoms with Crippen molar-refractivity contribution < 1.29 is 0 Å². The van der Waals surface area contributed by atoms with Gasteiger partial charge in [-0.1, -0.05) is 35.5 Å². The summed E-state index contributed by atoms with van der Waals surface area (Å²) in [6, 6.07) is 9.52. The number of hydrogen-bond acceptors (Lipinski definition) is 3. The molecule has 0 aliphatic rings. The van der Waals surface area contributed by atoms with E-state index in [2.05, 4.69) is 25.8 Å². The predicted octanol–water partition coefficient (Wildman–Crippen LogP) is 4.33. The van der Waals surface area contributed by atoms with Crippen LogP contribution < -0.4 is 5.56 Å². The van der Waals surface area contributed by atoms with Crippen LogP contribution in [0.5, 0.6) is 0 Å². The standard InChI is InChI=1S/C15H17ClN2OS/c1-10(2)18-8-7-14(19)17-15(18)20-11(3)12-5-4-6-13(16)9-12/h4-11H,1-3H3. The quantitative estimate of drug-likeness (QED) is 0.623. The summed E-state index contributed by atoms with van der Waals surface area (Å²) in [5, 5.41) is 1.63. The lowest BCUT2D eigenvalue weighted by Gasteiger charge is -2.18. The van der Waals surface area contributed by atoms with Gasteiger partial charge in [-0.05, 0) is 38.5 Å². The number of halogens is 1. The first-order valence-corrected chi connectivity index (χ1v) is 7.74. The molecule has 106 valence electrons. The Bertz CT molecular complexity index is 654. The lowest BCUT2D eigenvalue weighted by atomic mass is 10.2. The van der Waals surface area contributed by atoms with Crippen LogP contribution in [-0.4, -0.2) is 9.55 Å². The molecule has 0 amide bonds. The van der Waals surface area contributed by atoms with Crippen molar-refractivity contribution in [2.45, 2.75) is 37.2 Å². The maximum atomic E-state index is 11.5. The van der Waals surface area contributed by atoms with Crippen LogP contribution in [0.15, 0.2) is 46.5 Å². The first-order chi connectivity index (χ1) is 9.47. The molecule has 0 spiro atoms. The van der Waals surface area contributed by atoms with Crippen LogP contribution in [0.2, 0.25) is 5.02 Å². The van der Waals surface area contributed by atoms with Crippen LogP contribution in [0.25, 0.3) is 0 Å². The highest BCUT2D eigenvalue weighted by Gasteiger charge is 2.13. The summed E-state index contributed by atoms with van der Waals surface area (Å²) in [5.41, 5.74) is 0.915. The van der Waals surface area contributed by atoms with Crippen molar-refractivity contribution in [2.24, 2.45) is 0 Å². The Labute approximate surface area is 128 Å². The van der Waals surface area contributed by atoms with E-state index in [0.29, 0.717) is 0 Å². The average molecular weight is 309 g/mol. The molecule has 1 aromatic carbocycles. The molecular weight excluding hydrogens is 292 g/mol. The van der Waals surface area contributed by atoms with Crippen LogP contribution >= 0.6 is 23.4 Å². The van der Waals surface area contributed by atoms with E-state index in [0.717, 1.165) is 15.7 Å². The molecule has 0 saturated carbocycles. The predicted molar refractivity (Wildman–Crippen MR) is 84.6 cm³/mol. The zero-order valence-electron chi connectivity index (χ0n) is 11.7. The smallest absolute Gasteiger partial charge is 0.273 e. The Morgan fingerprint density at radius 1 is 1.25 bits per heavy atom. The van der Waals surface area contributed by atoms with Crippen molar-refractivity contribution >= 4 is 23.4 Å². The number of nitrogens with zero attached hydrogens (tertiary/aromatic N) is 2. The molecule has 0 saturated heterocycles. The summed E-state index contributed by atoms with van der Waals surface area (Å²) >= 11 is 7.59. The first-order valence-electron chi connectivity index (χ1n) is 6.48. The summed E-state index contributed by atoms with van der Waals surface area (Å²) in [6.07, 6.45) is 1.80. The van der Waals surface area contributed by atoms with Crippen LogP contribution in [-0.2, 0) is 0 Å². The molecule has 1 heterocycles. The van der Waals surface area contributed by atoms with Crippen LogP contribution in [0.3, 0.4) is 0 Å². The molecule has 2 rings (SSSR count). The molecule has 0 radical (unpaired) electrons. The third-order valence-corrected chi connectivity index (χ3v) is 4.33. The third-order valence-electron chi connectivity index (χ3n) is 2.96. The van der Waals surface area contributed by atoms with Gasteiger partial charge >= 0.3 is 0 Å². The van der Waals surface area contributed by atoms with Crippen molar-refractivity contribution in [3.63, 3.8) is 0 Å². The average Bonchev–Trinajstić information content (AvgIpc) is 2.38. The van der Waals surface area contributed by atoms with Gasteiger partial charge in [0.15, 0.2) is 5.16 Å². The minimum atomic E-state index is -0.206. The van der Waals surface area contributed by atoms with E-state index in [1.165, 1.54) is 6.07 Å². The largest absolute Gasteiger partial charge is 0.325 e. The van der Waals surface area contributed by atoms with E-state index < -0.39 is 0 Å². The molecule has 1 atom stereocenters. The molecule has 1 unspecified atom stereocenters. The minimum absolute atomic E-state index is 0.174. The monoisotopic (exact) mass is 308 g/mol. The molecule has 0 bridgehead atoms. The molecular formula is C15H17ClN2OS. The van der Waals surface area contributed by atoms with Gasteiger partial charge in [0.25, 0.3) is 5.56 Å². The van der Waals surface area contributed by atoms with Gasteiger partial charge in [-0.2, -0.15) is 4.98 Å². The Kier molecular flexibility index (Phi) is 4.89. The zero-order valence-corrected chi connectivity index (χ0v) is 13.3. The fourth-order valence-corrected chi connectivity index (χ4v) is 3.20. The topological polar surface area (TPSA) is 34.9 Å². The molecule has 3 nitrogen and oxygen atoms in total. The van der Waals surface area contributed by atoms with Crippen molar-refractivity contribution in [3.8, 4) is 0 Å². The fourth-order valence-electron chi connectivity index (χ4n) is 1.86. The molecule has 20 heavy (non-hydrogen) atoms. The summed E-state index contributed by atoms with van der Waals surface area (Å²) in [7, 11) is 0. The maximum absolute atomic E-state index is 11.5. The minimum Gasteiger partial charge on any atom is -0.325 e. The van der Waals surface area contributed by atoms with Crippen molar-refractivity contribution in [3.05, 3.63) is 57.5 Å². The first kappa shape index (κ1) is 15.1. The second kappa shape index (κ2) is 6.46. The molecule has 1 aromatic heterocycles. The van der Waals surface area contributed by atoms with E-state index >= 15 is 0 Å². The Hall–Kier alpha value is -1.26. The van der Waals surface area contributed by atoms with Crippen molar-refractivity contribution in [1.82, 2.24) is 9.55 Å². The van der Waals surface area contributed by atoms with E-state index in [4.69, 9.17) is 11.6 Å². The van der Waals surface area contributed by atoms with Gasteiger partial charge in [-0.25, -0.2) is 0 Å². The Morgan fingerprint density at radius 3 is 2.65 bits per heavy atom. The molecule has 0 aliphatic heterocycles. The van der Waals surface area contributed by atoms with E-state index in [-0.39, 0.29) is 16.9 Å². The number of rotatable bonds is 4. The highest BCUT2D eigenvalue weighted by Crippen LogP contribution is 2.34. The van der Waals surface area contributed by atoms with Crippen LogP contribution in [0, 0.1) is 0 Å². The van der Waals surface area contributed by atoms with Crippen LogP contribution in [0.4, 0.5) is 0 Å². The summed E-state index contributed by atoms with van der Waals surface area (Å²) in [6.45, 7) is 6.22. The van der Waals surface area contributed by atoms with Gasteiger partial charge in [-0.15, -0.1) is 0 Å². The number of benzene rings is 1. The zero-order chi connectivity index (χ0) is 14.7. The van der Waals surface area contributed by atoms with Gasteiger partial charge in [0, 0.05) is 28.6 Å². The fraction of sp³-hybridized carbons (Fsp3) is 0.333. The number of thioether (sulfide) groups is 1. The maximum Gasteiger partial charge on any atom is 0.273 e. The van der Waals surface area contributed by atoms with Crippen molar-refractivity contribution in [1.29, 1.82) is 0 Å². The van der Waals surface area contributed by atoms with Crippen molar-refractivity contribution in [2.75, 3.05) is 0 Å². The highest BCUT2D eigenvalue weighted by molar-refractivity contribution is 7.99. The highest BCUT2D eigenvalue weighted by atomic mass is 35.5. The second-order valence-electron chi connectivity index (χ2n) is 4.86. The SMILES string of the molecule is CC(Sc1nc(=O)ccn1C(C)C)c1cccc(Cl)c1. The number of aromatic nitrogens is 2. The summed E-state index contributed by atoms with van der Waals surface area (Å²) in [5.74, 6) is 0. The number of hydrogen-bond donors (Lipinski definition) is 0. The van der Waals surface area contributed by atoms with E-state index in [1.807, 2.05) is 28.8 Å². The van der Waals surface area contributed by atoms with Crippen LogP contribution in [0.1, 0.15) is 37.6 Å². The molecule has 5 heteroatoms. The second-order valence-corrected chi connectivity index (χ2v) is 6.61. The van der Waals surface area contributed by atoms with E-state index in [9.17, 15) is 4.79 Å². The van der Waals surface area contributed by atoms with Gasteiger partial charge in [-0.3, -0.25) is 4.79 Å². The summed E-state index contributed by atoms with van der Waals surface area (Å²) in [4.78, 5) is 15.6. The molecule has 0 fully saturated rings. The summed E-state index contributed by atoms with van der Waals surface area (Å²) < 4.78 is 2.01. The lowest BCUT2D eigenvalue weighted by molar-refractivity contribution is 0.525. The van der Waals surface area contributed by atoms with E-state index in [1.54, 1.807) is 18.0 Å². The van der Waals surface area contributed by atoms with Gasteiger partial charge in [0.05, 0.1) is 0 Å². The van der Waals surface area contributed by atoms with Gasteiger partial charge in [0.1, 0.15) is 0 Å². The lowest BCUT2D eigenvalue weighted by Crippen LogP contribution is -2.15. The third kappa shape index (κ3) is 3.64. The Morgan fingerprint density at radius 2 is 2.00 bits per heavy atom.